The van der Waals surface area contributed by atoms with Gasteiger partial charge in [0, 0.05) is 49.2 Å². The fourth-order valence-electron chi connectivity index (χ4n) is 4.18. The van der Waals surface area contributed by atoms with Crippen molar-refractivity contribution in [3.63, 3.8) is 0 Å². The van der Waals surface area contributed by atoms with Crippen molar-refractivity contribution in [2.24, 2.45) is 0 Å². The number of aliphatic hydroxyl groups is 2. The van der Waals surface area contributed by atoms with E-state index >= 15 is 8.78 Å². The van der Waals surface area contributed by atoms with Crippen LogP contribution in [0.25, 0.3) is 11.1 Å². The Bertz CT molecular complexity index is 1380. The first-order valence-corrected chi connectivity index (χ1v) is 12.2. The molecule has 0 fully saturated rings. The number of carbonyl (C=O) groups is 1. The molecule has 2 amide bonds. The van der Waals surface area contributed by atoms with Crippen LogP contribution in [-0.4, -0.2) is 60.1 Å². The number of benzene rings is 2. The van der Waals surface area contributed by atoms with E-state index in [1.807, 2.05) is 6.07 Å². The highest BCUT2D eigenvalue weighted by Gasteiger charge is 2.36. The van der Waals surface area contributed by atoms with Crippen LogP contribution < -0.4 is 20.4 Å². The number of anilines is 4. The van der Waals surface area contributed by atoms with Crippen LogP contribution in [0.4, 0.5) is 36.5 Å². The lowest BCUT2D eigenvalue weighted by atomic mass is 10.0. The van der Waals surface area contributed by atoms with E-state index in [9.17, 15) is 15.2 Å². The van der Waals surface area contributed by atoms with Gasteiger partial charge in [-0.3, -0.25) is 9.80 Å². The Labute approximate surface area is 222 Å². The molecule has 0 radical (unpaired) electrons. The van der Waals surface area contributed by atoms with Gasteiger partial charge in [-0.15, -0.1) is 0 Å². The number of hydrogen-bond donors (Lipinski definition) is 4. The second-order valence-corrected chi connectivity index (χ2v) is 8.92. The molecule has 1 unspecified atom stereocenters. The molecule has 0 saturated heterocycles. The number of carbonyl (C=O) groups excluding carboxylic acids is 1. The molecule has 1 atom stereocenters. The number of nitriles is 1. The number of nitrogens with one attached hydrogen (secondary N) is 2. The monoisotopic (exact) mass is 542 g/mol. The van der Waals surface area contributed by atoms with Crippen molar-refractivity contribution >= 4 is 40.5 Å². The highest BCUT2D eigenvalue weighted by molar-refractivity contribution is 6.31. The van der Waals surface area contributed by atoms with Gasteiger partial charge in [-0.05, 0) is 37.3 Å². The van der Waals surface area contributed by atoms with Crippen molar-refractivity contribution in [1.29, 1.82) is 5.26 Å². The standard InChI is InChI=1S/C26H25ClF2N6O3/c1-2-34-25-20(8-16(27)12-33-25)19-4-3-15(11-30)7-23(19)35(26(34)38)24-21(28)9-17(10-22(24)29)32-6-5-31-13-18(37)14-36/h3-4,7-10,12,18,31-32,36-37H,2,5-6,13-14H2,1H3. The SMILES string of the molecule is CCN1C(=O)N(c2c(F)cc(NCCNCC(O)CO)cc2F)c2cc(C#N)ccc2-c2cc(Cl)cnc21. The quantitative estimate of drug-likeness (QED) is 0.301. The van der Waals surface area contributed by atoms with E-state index in [2.05, 4.69) is 15.6 Å². The topological polar surface area (TPSA) is 125 Å². The summed E-state index contributed by atoms with van der Waals surface area (Å²) in [6, 6.07) is 9.55. The second kappa shape index (κ2) is 11.7. The summed E-state index contributed by atoms with van der Waals surface area (Å²) in [5.74, 6) is -1.72. The van der Waals surface area contributed by atoms with Crippen LogP contribution in [0.3, 0.4) is 0 Å². The number of fused-ring (bicyclic) bond motifs is 3. The predicted octanol–water partition coefficient (Wildman–Crippen LogP) is 4.00. The molecule has 38 heavy (non-hydrogen) atoms. The number of urea groups is 1. The molecule has 4 N–H and O–H groups in total. The Morgan fingerprint density at radius 3 is 2.55 bits per heavy atom. The Kier molecular flexibility index (Phi) is 8.38. The van der Waals surface area contributed by atoms with E-state index in [0.29, 0.717) is 22.7 Å². The van der Waals surface area contributed by atoms with Crippen molar-refractivity contribution in [2.45, 2.75) is 13.0 Å². The summed E-state index contributed by atoms with van der Waals surface area (Å²) in [4.78, 5) is 20.3. The molecule has 3 aromatic rings. The predicted molar refractivity (Wildman–Crippen MR) is 141 cm³/mol. The van der Waals surface area contributed by atoms with Crippen molar-refractivity contribution in [2.75, 3.05) is 47.9 Å². The summed E-state index contributed by atoms with van der Waals surface area (Å²) in [5, 5.41) is 33.8. The minimum atomic E-state index is -0.995. The van der Waals surface area contributed by atoms with Crippen LogP contribution >= 0.6 is 11.6 Å². The van der Waals surface area contributed by atoms with Gasteiger partial charge in [0.25, 0.3) is 0 Å². The normalized spacial score (nSPS) is 13.4. The zero-order valence-corrected chi connectivity index (χ0v) is 21.1. The van der Waals surface area contributed by atoms with Crippen LogP contribution in [-0.2, 0) is 0 Å². The highest BCUT2D eigenvalue weighted by Crippen LogP contribution is 2.45. The number of aliphatic hydroxyl groups excluding tert-OH is 2. The number of halogens is 3. The maximum atomic E-state index is 15.6. The van der Waals surface area contributed by atoms with Gasteiger partial charge >= 0.3 is 6.03 Å². The third kappa shape index (κ3) is 5.39. The first-order chi connectivity index (χ1) is 18.3. The average Bonchev–Trinajstić information content (AvgIpc) is 2.99. The van der Waals surface area contributed by atoms with Gasteiger partial charge in [-0.1, -0.05) is 17.7 Å². The molecule has 12 heteroatoms. The molecule has 0 saturated carbocycles. The molecule has 9 nitrogen and oxygen atoms in total. The van der Waals surface area contributed by atoms with Gasteiger partial charge in [-0.2, -0.15) is 5.26 Å². The van der Waals surface area contributed by atoms with Gasteiger partial charge < -0.3 is 20.8 Å². The highest BCUT2D eigenvalue weighted by atomic mass is 35.5. The summed E-state index contributed by atoms with van der Waals surface area (Å²) in [5.41, 5.74) is 0.758. The van der Waals surface area contributed by atoms with Gasteiger partial charge in [0.1, 0.15) is 11.5 Å². The second-order valence-electron chi connectivity index (χ2n) is 8.49. The summed E-state index contributed by atoms with van der Waals surface area (Å²) in [6.07, 6.45) is 0.482. The maximum absolute atomic E-state index is 15.6. The number of rotatable bonds is 9. The van der Waals surface area contributed by atoms with Crippen LogP contribution in [0.5, 0.6) is 0 Å². The Hall–Kier alpha value is -3.82. The smallest absolute Gasteiger partial charge is 0.334 e. The van der Waals surface area contributed by atoms with E-state index in [1.54, 1.807) is 25.1 Å². The van der Waals surface area contributed by atoms with Gasteiger partial charge in [-0.25, -0.2) is 18.6 Å². The van der Waals surface area contributed by atoms with Gasteiger partial charge in [0.05, 0.1) is 35.1 Å². The molecule has 4 rings (SSSR count). The van der Waals surface area contributed by atoms with E-state index in [0.717, 1.165) is 17.0 Å². The first kappa shape index (κ1) is 27.2. The van der Waals surface area contributed by atoms with E-state index < -0.39 is 29.5 Å². The van der Waals surface area contributed by atoms with Gasteiger partial charge in [0.15, 0.2) is 11.6 Å². The van der Waals surface area contributed by atoms with E-state index in [-0.39, 0.29) is 49.0 Å². The lowest BCUT2D eigenvalue weighted by Crippen LogP contribution is -2.41. The minimum absolute atomic E-state index is 0.112. The van der Waals surface area contributed by atoms with Crippen molar-refractivity contribution in [3.8, 4) is 17.2 Å². The van der Waals surface area contributed by atoms with Crippen LogP contribution in [0.1, 0.15) is 12.5 Å². The molecule has 0 spiro atoms. The molecular formula is C26H25ClF2N6O3. The third-order valence-electron chi connectivity index (χ3n) is 5.95. The Morgan fingerprint density at radius 1 is 1.16 bits per heavy atom. The molecule has 1 aliphatic heterocycles. The van der Waals surface area contributed by atoms with Crippen molar-refractivity contribution < 1.29 is 23.8 Å². The first-order valence-electron chi connectivity index (χ1n) is 11.8. The zero-order chi connectivity index (χ0) is 27.4. The average molecular weight is 543 g/mol. The van der Waals surface area contributed by atoms with Crippen LogP contribution in [0, 0.1) is 23.0 Å². The molecule has 1 aromatic heterocycles. The number of amides is 2. The molecule has 198 valence electrons. The third-order valence-corrected chi connectivity index (χ3v) is 6.15. The van der Waals surface area contributed by atoms with Crippen molar-refractivity contribution in [3.05, 3.63) is 64.8 Å². The molecule has 2 heterocycles. The van der Waals surface area contributed by atoms with E-state index in [1.165, 1.54) is 17.2 Å². The summed E-state index contributed by atoms with van der Waals surface area (Å²) in [7, 11) is 0. The Morgan fingerprint density at radius 2 is 1.89 bits per heavy atom. The fraction of sp³-hybridized carbons (Fsp3) is 0.269. The summed E-state index contributed by atoms with van der Waals surface area (Å²) >= 11 is 6.20. The summed E-state index contributed by atoms with van der Waals surface area (Å²) < 4.78 is 31.1. The van der Waals surface area contributed by atoms with Crippen LogP contribution in [0.15, 0.2) is 42.6 Å². The number of aromatic nitrogens is 1. The maximum Gasteiger partial charge on any atom is 0.334 e. The fourth-order valence-corrected chi connectivity index (χ4v) is 4.34. The molecule has 0 bridgehead atoms. The lowest BCUT2D eigenvalue weighted by molar-refractivity contribution is 0.0949. The Balaban J connectivity index is 1.75. The molecule has 1 aliphatic rings. The zero-order valence-electron chi connectivity index (χ0n) is 20.4. The molecule has 2 aromatic carbocycles. The number of hydrogen-bond acceptors (Lipinski definition) is 7. The van der Waals surface area contributed by atoms with Crippen molar-refractivity contribution in [1.82, 2.24) is 10.3 Å². The largest absolute Gasteiger partial charge is 0.394 e. The van der Waals surface area contributed by atoms with E-state index in [4.69, 9.17) is 16.7 Å². The van der Waals surface area contributed by atoms with Gasteiger partial charge in [0.2, 0.25) is 0 Å². The minimum Gasteiger partial charge on any atom is -0.394 e. The lowest BCUT2D eigenvalue weighted by Gasteiger charge is -2.28. The van der Waals surface area contributed by atoms with Crippen LogP contribution in [0.2, 0.25) is 5.02 Å². The molecular weight excluding hydrogens is 518 g/mol. The summed E-state index contributed by atoms with van der Waals surface area (Å²) in [6.45, 7) is 2.28. The number of nitrogens with zero attached hydrogens (tertiary/aromatic N) is 4. The molecule has 0 aliphatic carbocycles. The number of pyridine rings is 1.